The van der Waals surface area contributed by atoms with Crippen molar-refractivity contribution in [2.75, 3.05) is 21.3 Å². The summed E-state index contributed by atoms with van der Waals surface area (Å²) in [5.74, 6) is -1.34. The van der Waals surface area contributed by atoms with Crippen LogP contribution in [0.25, 0.3) is 5.76 Å². The molecule has 11 nitrogen and oxygen atoms in total. The van der Waals surface area contributed by atoms with Crippen LogP contribution in [0.2, 0.25) is 0 Å². The lowest BCUT2D eigenvalue weighted by molar-refractivity contribution is -0.384. The molecule has 1 atom stereocenters. The number of hydrogen-bond donors (Lipinski definition) is 1. The van der Waals surface area contributed by atoms with Gasteiger partial charge in [0.1, 0.15) is 5.76 Å². The lowest BCUT2D eigenvalue weighted by Crippen LogP contribution is -2.29. The minimum Gasteiger partial charge on any atom is -0.507 e. The van der Waals surface area contributed by atoms with E-state index in [-0.39, 0.29) is 34.9 Å². The first-order chi connectivity index (χ1) is 17.8. The monoisotopic (exact) mass is 505 g/mol. The van der Waals surface area contributed by atoms with E-state index < -0.39 is 28.4 Å². The number of benzene rings is 2. The molecule has 0 spiro atoms. The Balaban J connectivity index is 1.93. The number of rotatable bonds is 8. The molecule has 0 bridgehead atoms. The Morgan fingerprint density at radius 1 is 1.03 bits per heavy atom. The number of hydrogen-bond acceptors (Lipinski definition) is 9. The molecule has 1 unspecified atom stereocenters. The number of aromatic nitrogens is 1. The maximum atomic E-state index is 13.3. The fourth-order valence-electron chi connectivity index (χ4n) is 4.21. The highest BCUT2D eigenvalue weighted by Crippen LogP contribution is 2.46. The second kappa shape index (κ2) is 10.4. The second-order valence-corrected chi connectivity index (χ2v) is 8.01. The molecule has 0 aliphatic carbocycles. The van der Waals surface area contributed by atoms with Crippen molar-refractivity contribution in [2.24, 2.45) is 0 Å². The molecule has 1 saturated heterocycles. The number of aliphatic hydroxyl groups excluding tert-OH is 1. The van der Waals surface area contributed by atoms with Gasteiger partial charge in [-0.15, -0.1) is 0 Å². The zero-order chi connectivity index (χ0) is 26.7. The van der Waals surface area contributed by atoms with E-state index in [0.29, 0.717) is 17.0 Å². The first-order valence-electron chi connectivity index (χ1n) is 11.0. The number of ketones is 1. The largest absolute Gasteiger partial charge is 0.507 e. The van der Waals surface area contributed by atoms with Crippen LogP contribution in [0.4, 0.5) is 5.69 Å². The van der Waals surface area contributed by atoms with Gasteiger partial charge in [0.2, 0.25) is 5.75 Å². The summed E-state index contributed by atoms with van der Waals surface area (Å²) in [6.45, 7) is -0.0240. The van der Waals surface area contributed by atoms with Crippen LogP contribution in [-0.4, -0.2) is 52.9 Å². The summed E-state index contributed by atoms with van der Waals surface area (Å²) in [4.78, 5) is 42.6. The molecule has 0 saturated carbocycles. The van der Waals surface area contributed by atoms with Crippen molar-refractivity contribution in [2.45, 2.75) is 12.6 Å². The fraction of sp³-hybridized carbons (Fsp3) is 0.192. The summed E-state index contributed by atoms with van der Waals surface area (Å²) < 4.78 is 16.3. The third kappa shape index (κ3) is 4.66. The molecule has 2 heterocycles. The lowest BCUT2D eigenvalue weighted by atomic mass is 9.94. The Bertz CT molecular complexity index is 1360. The first-order valence-corrected chi connectivity index (χ1v) is 11.0. The average molecular weight is 505 g/mol. The number of Topliss-reactive ketones (excluding diaryl/α,β-unsaturated/α-hetero) is 1. The summed E-state index contributed by atoms with van der Waals surface area (Å²) in [5.41, 5.74) is 0.696. The average Bonchev–Trinajstić information content (AvgIpc) is 3.17. The van der Waals surface area contributed by atoms with E-state index in [2.05, 4.69) is 4.98 Å². The third-order valence-electron chi connectivity index (χ3n) is 5.95. The van der Waals surface area contributed by atoms with E-state index >= 15 is 0 Å². The highest BCUT2D eigenvalue weighted by atomic mass is 16.6. The van der Waals surface area contributed by atoms with Gasteiger partial charge in [-0.3, -0.25) is 24.7 Å². The van der Waals surface area contributed by atoms with E-state index in [1.807, 2.05) is 0 Å². The maximum absolute atomic E-state index is 13.3. The van der Waals surface area contributed by atoms with Crippen LogP contribution in [0.3, 0.4) is 0 Å². The molecule has 37 heavy (non-hydrogen) atoms. The number of carbonyl (C=O) groups is 2. The Hall–Kier alpha value is -4.93. The number of nitro groups is 1. The molecular weight excluding hydrogens is 482 g/mol. The van der Waals surface area contributed by atoms with Crippen LogP contribution in [0.5, 0.6) is 17.2 Å². The zero-order valence-electron chi connectivity index (χ0n) is 20.2. The molecule has 1 aliphatic heterocycles. The number of amides is 1. The predicted octanol–water partition coefficient (Wildman–Crippen LogP) is 3.64. The van der Waals surface area contributed by atoms with Crippen LogP contribution in [0, 0.1) is 10.1 Å². The van der Waals surface area contributed by atoms with Gasteiger partial charge in [-0.2, -0.15) is 0 Å². The van der Waals surface area contributed by atoms with Crippen molar-refractivity contribution >= 4 is 23.1 Å². The molecule has 1 N–H and O–H groups in total. The fourth-order valence-corrected chi connectivity index (χ4v) is 4.21. The van der Waals surface area contributed by atoms with Gasteiger partial charge >= 0.3 is 0 Å². The standard InChI is InChI=1S/C26H23N3O8/c1-35-19-12-16(13-20(36-2)25(19)37-3)22-21(23(30)15-7-9-18(10-8-15)29(33)34)24(31)26(32)28(22)14-17-6-4-5-11-27-17/h4-13,22,30H,14H2,1-3H3/b23-21+. The molecule has 11 heteroatoms. The van der Waals surface area contributed by atoms with E-state index in [1.54, 1.807) is 36.5 Å². The van der Waals surface area contributed by atoms with Crippen molar-refractivity contribution in [3.8, 4) is 17.2 Å². The van der Waals surface area contributed by atoms with Gasteiger partial charge in [-0.05, 0) is 42.0 Å². The van der Waals surface area contributed by atoms with Crippen molar-refractivity contribution in [3.63, 3.8) is 0 Å². The van der Waals surface area contributed by atoms with Crippen molar-refractivity contribution < 1.29 is 33.8 Å². The number of aliphatic hydroxyl groups is 1. The van der Waals surface area contributed by atoms with Crippen LogP contribution >= 0.6 is 0 Å². The summed E-state index contributed by atoms with van der Waals surface area (Å²) in [6, 6.07) is 12.3. The third-order valence-corrected chi connectivity index (χ3v) is 5.95. The van der Waals surface area contributed by atoms with E-state index in [4.69, 9.17) is 14.2 Å². The van der Waals surface area contributed by atoms with E-state index in [9.17, 15) is 24.8 Å². The zero-order valence-corrected chi connectivity index (χ0v) is 20.2. The number of nitrogens with zero attached hydrogens (tertiary/aromatic N) is 3. The van der Waals surface area contributed by atoms with Gasteiger partial charge in [0.25, 0.3) is 17.4 Å². The minimum absolute atomic E-state index is 0.0240. The van der Waals surface area contributed by atoms with Gasteiger partial charge in [0.05, 0.1) is 50.1 Å². The second-order valence-electron chi connectivity index (χ2n) is 8.01. The van der Waals surface area contributed by atoms with E-state index in [1.165, 1.54) is 50.5 Å². The Morgan fingerprint density at radius 3 is 2.19 bits per heavy atom. The molecule has 2 aromatic carbocycles. The molecule has 1 aliphatic rings. The topological polar surface area (TPSA) is 141 Å². The number of carbonyl (C=O) groups excluding carboxylic acids is 2. The predicted molar refractivity (Wildman–Crippen MR) is 131 cm³/mol. The molecule has 1 aromatic heterocycles. The minimum atomic E-state index is -1.05. The summed E-state index contributed by atoms with van der Waals surface area (Å²) >= 11 is 0. The van der Waals surface area contributed by atoms with E-state index in [0.717, 1.165) is 0 Å². The molecule has 190 valence electrons. The van der Waals surface area contributed by atoms with Crippen LogP contribution in [0.15, 0.2) is 66.4 Å². The number of methoxy groups -OCH3 is 3. The number of nitro benzene ring substituents is 1. The normalized spacial score (nSPS) is 16.5. The molecule has 0 radical (unpaired) electrons. The Kier molecular flexibility index (Phi) is 7.05. The summed E-state index contributed by atoms with van der Waals surface area (Å²) in [5, 5.41) is 22.3. The number of ether oxygens (including phenoxy) is 3. The summed E-state index contributed by atoms with van der Waals surface area (Å²) in [6.07, 6.45) is 1.57. The van der Waals surface area contributed by atoms with Gasteiger partial charge in [0, 0.05) is 23.9 Å². The smallest absolute Gasteiger partial charge is 0.296 e. The number of non-ortho nitro benzene ring substituents is 1. The molecule has 4 rings (SSSR count). The Morgan fingerprint density at radius 2 is 1.68 bits per heavy atom. The van der Waals surface area contributed by atoms with Crippen molar-refractivity contribution in [1.82, 2.24) is 9.88 Å². The number of likely N-dealkylation sites (tertiary alicyclic amines) is 1. The SMILES string of the molecule is COc1cc(C2/C(=C(\O)c3ccc([N+](=O)[O-])cc3)C(=O)C(=O)N2Cc2ccccn2)cc(OC)c1OC. The highest BCUT2D eigenvalue weighted by molar-refractivity contribution is 6.46. The van der Waals surface area contributed by atoms with Gasteiger partial charge in [-0.25, -0.2) is 0 Å². The van der Waals surface area contributed by atoms with Crippen LogP contribution in [0.1, 0.15) is 22.9 Å². The lowest BCUT2D eigenvalue weighted by Gasteiger charge is -2.26. The number of pyridine rings is 1. The van der Waals surface area contributed by atoms with Crippen LogP contribution in [-0.2, 0) is 16.1 Å². The maximum Gasteiger partial charge on any atom is 0.296 e. The van der Waals surface area contributed by atoms with Crippen molar-refractivity contribution in [1.29, 1.82) is 0 Å². The molecule has 1 amide bonds. The van der Waals surface area contributed by atoms with Gasteiger partial charge in [-0.1, -0.05) is 6.07 Å². The summed E-state index contributed by atoms with van der Waals surface area (Å²) in [7, 11) is 4.31. The molecular formula is C26H23N3O8. The van der Waals surface area contributed by atoms with Gasteiger partial charge in [0.15, 0.2) is 11.5 Å². The highest BCUT2D eigenvalue weighted by Gasteiger charge is 2.46. The van der Waals surface area contributed by atoms with Crippen molar-refractivity contribution in [3.05, 3.63) is 93.3 Å². The van der Waals surface area contributed by atoms with Crippen LogP contribution < -0.4 is 14.2 Å². The van der Waals surface area contributed by atoms with Gasteiger partial charge < -0.3 is 24.2 Å². The first kappa shape index (κ1) is 25.2. The quantitative estimate of drug-likeness (QED) is 0.160. The Labute approximate surface area is 211 Å². The molecule has 3 aromatic rings. The molecule has 1 fully saturated rings.